The van der Waals surface area contributed by atoms with E-state index in [0.29, 0.717) is 6.04 Å². The number of hydrogen-bond donors (Lipinski definition) is 1. The predicted molar refractivity (Wildman–Crippen MR) is 72.7 cm³/mol. The van der Waals surface area contributed by atoms with Crippen LogP contribution in [0.2, 0.25) is 0 Å². The van der Waals surface area contributed by atoms with Gasteiger partial charge in [-0.2, -0.15) is 0 Å². The van der Waals surface area contributed by atoms with Crippen molar-refractivity contribution < 1.29 is 4.74 Å². The van der Waals surface area contributed by atoms with E-state index in [1.807, 2.05) is 19.1 Å². The fourth-order valence-electron chi connectivity index (χ4n) is 2.18. The van der Waals surface area contributed by atoms with Crippen LogP contribution in [0.5, 0.6) is 5.75 Å². The summed E-state index contributed by atoms with van der Waals surface area (Å²) in [6.45, 7) is 5.78. The van der Waals surface area contributed by atoms with Crippen molar-refractivity contribution in [2.24, 2.45) is 5.73 Å². The van der Waals surface area contributed by atoms with Crippen LogP contribution < -0.4 is 10.5 Å². The molecule has 1 aromatic rings. The highest BCUT2D eigenvalue weighted by atomic mass is 35.5. The van der Waals surface area contributed by atoms with Crippen molar-refractivity contribution in [2.45, 2.75) is 25.9 Å². The van der Waals surface area contributed by atoms with Crippen molar-refractivity contribution in [2.75, 3.05) is 19.7 Å². The maximum Gasteiger partial charge on any atom is 0.123 e. The molecule has 1 aliphatic heterocycles. The third-order valence-corrected chi connectivity index (χ3v) is 2.98. The van der Waals surface area contributed by atoms with Gasteiger partial charge in [-0.15, -0.1) is 12.4 Å². The van der Waals surface area contributed by atoms with E-state index in [0.717, 1.165) is 38.4 Å². The lowest BCUT2D eigenvalue weighted by Crippen LogP contribution is -2.26. The molecule has 96 valence electrons. The Bertz CT molecular complexity index is 346. The average molecular weight is 257 g/mol. The number of ether oxygens (including phenoxy) is 1. The van der Waals surface area contributed by atoms with Gasteiger partial charge in [0.15, 0.2) is 0 Å². The second-order valence-corrected chi connectivity index (χ2v) is 4.32. The molecule has 1 aromatic carbocycles. The Morgan fingerprint density at radius 3 is 2.82 bits per heavy atom. The quantitative estimate of drug-likeness (QED) is 0.896. The molecule has 0 unspecified atom stereocenters. The van der Waals surface area contributed by atoms with Gasteiger partial charge >= 0.3 is 0 Å². The molecule has 1 heterocycles. The van der Waals surface area contributed by atoms with E-state index in [9.17, 15) is 0 Å². The van der Waals surface area contributed by atoms with Crippen molar-refractivity contribution in [1.29, 1.82) is 0 Å². The number of para-hydroxylation sites is 1. The van der Waals surface area contributed by atoms with Crippen LogP contribution in [0.3, 0.4) is 0 Å². The van der Waals surface area contributed by atoms with Crippen molar-refractivity contribution in [1.82, 2.24) is 4.90 Å². The van der Waals surface area contributed by atoms with E-state index in [-0.39, 0.29) is 12.4 Å². The van der Waals surface area contributed by atoms with Crippen LogP contribution in [0.15, 0.2) is 24.3 Å². The van der Waals surface area contributed by atoms with E-state index >= 15 is 0 Å². The van der Waals surface area contributed by atoms with Crippen LogP contribution in [-0.4, -0.2) is 30.6 Å². The largest absolute Gasteiger partial charge is 0.494 e. The minimum absolute atomic E-state index is 0. The fraction of sp³-hybridized carbons (Fsp3) is 0.538. The summed E-state index contributed by atoms with van der Waals surface area (Å²) in [5, 5.41) is 0. The van der Waals surface area contributed by atoms with Gasteiger partial charge in [0.2, 0.25) is 0 Å². The molecule has 2 rings (SSSR count). The first-order valence-electron chi connectivity index (χ1n) is 5.98. The monoisotopic (exact) mass is 256 g/mol. The molecule has 1 saturated heterocycles. The van der Waals surface area contributed by atoms with Crippen LogP contribution in [0.4, 0.5) is 0 Å². The highest BCUT2D eigenvalue weighted by Crippen LogP contribution is 2.21. The van der Waals surface area contributed by atoms with E-state index in [4.69, 9.17) is 10.5 Å². The molecular formula is C13H21ClN2O. The number of rotatable bonds is 4. The van der Waals surface area contributed by atoms with Crippen LogP contribution in [0.1, 0.15) is 18.9 Å². The Hall–Kier alpha value is -0.770. The molecule has 0 aliphatic carbocycles. The summed E-state index contributed by atoms with van der Waals surface area (Å²) in [6, 6.07) is 8.60. The van der Waals surface area contributed by atoms with Crippen molar-refractivity contribution in [3.05, 3.63) is 29.8 Å². The van der Waals surface area contributed by atoms with Crippen LogP contribution >= 0.6 is 12.4 Å². The first-order chi connectivity index (χ1) is 7.79. The van der Waals surface area contributed by atoms with Gasteiger partial charge in [0.05, 0.1) is 6.61 Å². The van der Waals surface area contributed by atoms with Gasteiger partial charge in [-0.25, -0.2) is 0 Å². The summed E-state index contributed by atoms with van der Waals surface area (Å²) in [5.41, 5.74) is 7.17. The second kappa shape index (κ2) is 6.84. The second-order valence-electron chi connectivity index (χ2n) is 4.32. The lowest BCUT2D eigenvalue weighted by molar-refractivity contribution is 0.302. The molecule has 0 radical (unpaired) electrons. The summed E-state index contributed by atoms with van der Waals surface area (Å²) < 4.78 is 5.62. The van der Waals surface area contributed by atoms with Crippen LogP contribution in [-0.2, 0) is 6.54 Å². The number of hydrogen-bond acceptors (Lipinski definition) is 3. The van der Waals surface area contributed by atoms with Gasteiger partial charge in [-0.3, -0.25) is 4.90 Å². The zero-order valence-corrected chi connectivity index (χ0v) is 11.1. The Morgan fingerprint density at radius 2 is 2.18 bits per heavy atom. The lowest BCUT2D eigenvalue weighted by atomic mass is 10.2. The molecule has 0 amide bonds. The van der Waals surface area contributed by atoms with E-state index < -0.39 is 0 Å². The molecule has 0 bridgehead atoms. The number of halogens is 1. The van der Waals surface area contributed by atoms with Crippen LogP contribution in [0, 0.1) is 0 Å². The Kier molecular flexibility index (Phi) is 5.75. The topological polar surface area (TPSA) is 38.5 Å². The third-order valence-electron chi connectivity index (χ3n) is 2.98. The maximum absolute atomic E-state index is 5.90. The Balaban J connectivity index is 0.00000144. The SMILES string of the molecule is CCOc1ccccc1CN1CC[C@@H](N)C1.Cl. The van der Waals surface area contributed by atoms with Gasteiger partial charge in [0.25, 0.3) is 0 Å². The smallest absolute Gasteiger partial charge is 0.123 e. The Morgan fingerprint density at radius 1 is 1.41 bits per heavy atom. The molecule has 2 N–H and O–H groups in total. The molecule has 1 atom stereocenters. The molecular weight excluding hydrogens is 236 g/mol. The fourth-order valence-corrected chi connectivity index (χ4v) is 2.18. The summed E-state index contributed by atoms with van der Waals surface area (Å²) in [4.78, 5) is 2.39. The minimum Gasteiger partial charge on any atom is -0.494 e. The first kappa shape index (κ1) is 14.3. The summed E-state index contributed by atoms with van der Waals surface area (Å²) >= 11 is 0. The van der Waals surface area contributed by atoms with Gasteiger partial charge in [-0.05, 0) is 19.4 Å². The van der Waals surface area contributed by atoms with E-state index in [2.05, 4.69) is 17.0 Å². The lowest BCUT2D eigenvalue weighted by Gasteiger charge is -2.17. The van der Waals surface area contributed by atoms with Gasteiger partial charge in [0, 0.05) is 31.2 Å². The number of likely N-dealkylation sites (tertiary alicyclic amines) is 1. The zero-order chi connectivity index (χ0) is 11.4. The number of nitrogens with two attached hydrogens (primary N) is 1. The van der Waals surface area contributed by atoms with Gasteiger partial charge < -0.3 is 10.5 Å². The molecule has 0 aromatic heterocycles. The number of nitrogens with zero attached hydrogens (tertiary/aromatic N) is 1. The van der Waals surface area contributed by atoms with Crippen molar-refractivity contribution in [3.8, 4) is 5.75 Å². The molecule has 4 heteroatoms. The normalized spacial score (nSPS) is 20.0. The molecule has 17 heavy (non-hydrogen) atoms. The van der Waals surface area contributed by atoms with E-state index in [1.54, 1.807) is 0 Å². The number of benzene rings is 1. The van der Waals surface area contributed by atoms with Crippen molar-refractivity contribution in [3.63, 3.8) is 0 Å². The van der Waals surface area contributed by atoms with E-state index in [1.165, 1.54) is 5.56 Å². The molecule has 3 nitrogen and oxygen atoms in total. The molecule has 1 fully saturated rings. The highest BCUT2D eigenvalue weighted by Gasteiger charge is 2.19. The summed E-state index contributed by atoms with van der Waals surface area (Å²) in [5.74, 6) is 1.01. The molecule has 0 saturated carbocycles. The van der Waals surface area contributed by atoms with Gasteiger partial charge in [-0.1, -0.05) is 18.2 Å². The van der Waals surface area contributed by atoms with Gasteiger partial charge in [0.1, 0.15) is 5.75 Å². The minimum atomic E-state index is 0. The molecule has 0 spiro atoms. The Labute approximate surface area is 109 Å². The first-order valence-corrected chi connectivity index (χ1v) is 5.98. The zero-order valence-electron chi connectivity index (χ0n) is 10.3. The standard InChI is InChI=1S/C13H20N2O.ClH/c1-2-16-13-6-4-3-5-11(13)9-15-8-7-12(14)10-15;/h3-6,12H,2,7-10,14H2,1H3;1H/t12-;/m1./s1. The maximum atomic E-state index is 5.90. The summed E-state index contributed by atoms with van der Waals surface area (Å²) in [7, 11) is 0. The summed E-state index contributed by atoms with van der Waals surface area (Å²) in [6.07, 6.45) is 1.11. The predicted octanol–water partition coefficient (Wildman–Crippen LogP) is 2.04. The van der Waals surface area contributed by atoms with Crippen LogP contribution in [0.25, 0.3) is 0 Å². The highest BCUT2D eigenvalue weighted by molar-refractivity contribution is 5.85. The molecule has 1 aliphatic rings. The average Bonchev–Trinajstić information content (AvgIpc) is 2.67. The van der Waals surface area contributed by atoms with Crippen molar-refractivity contribution >= 4 is 12.4 Å². The third kappa shape index (κ3) is 3.87.